The van der Waals surface area contributed by atoms with E-state index in [9.17, 15) is 19.5 Å². The van der Waals surface area contributed by atoms with Gasteiger partial charge in [-0.15, -0.1) is 0 Å². The summed E-state index contributed by atoms with van der Waals surface area (Å²) in [6, 6.07) is 16.0. The van der Waals surface area contributed by atoms with Crippen LogP contribution in [0.25, 0.3) is 0 Å². The first kappa shape index (κ1) is 21.5. The number of amides is 2. The molecule has 0 radical (unpaired) electrons. The molecule has 2 rings (SSSR count). The van der Waals surface area contributed by atoms with Gasteiger partial charge in [-0.2, -0.15) is 11.8 Å². The molecule has 0 fully saturated rings. The summed E-state index contributed by atoms with van der Waals surface area (Å²) >= 11 is 1.51. The molecule has 2 atom stereocenters. The molecule has 0 saturated carbocycles. The number of aliphatic carboxylic acids is 1. The lowest BCUT2D eigenvalue weighted by molar-refractivity contribution is -0.142. The number of rotatable bonds is 10. The van der Waals surface area contributed by atoms with E-state index in [-0.39, 0.29) is 12.3 Å². The molecule has 0 aliphatic rings. The van der Waals surface area contributed by atoms with E-state index in [0.717, 1.165) is 5.56 Å². The molecule has 7 heteroatoms. The zero-order chi connectivity index (χ0) is 20.4. The van der Waals surface area contributed by atoms with E-state index in [1.165, 1.54) is 11.8 Å². The second-order valence-corrected chi connectivity index (χ2v) is 7.25. The summed E-state index contributed by atoms with van der Waals surface area (Å²) in [5, 5.41) is 14.7. The topological polar surface area (TPSA) is 95.5 Å². The summed E-state index contributed by atoms with van der Waals surface area (Å²) in [5.74, 6) is -1.37. The summed E-state index contributed by atoms with van der Waals surface area (Å²) in [4.78, 5) is 36.8. The van der Waals surface area contributed by atoms with E-state index in [0.29, 0.717) is 17.7 Å². The Balaban J connectivity index is 2.15. The molecule has 148 valence electrons. The Morgan fingerprint density at radius 3 is 2.11 bits per heavy atom. The Labute approximate surface area is 168 Å². The van der Waals surface area contributed by atoms with E-state index in [2.05, 4.69) is 10.6 Å². The van der Waals surface area contributed by atoms with Crippen molar-refractivity contribution in [2.24, 2.45) is 0 Å². The van der Waals surface area contributed by atoms with Crippen LogP contribution in [0.1, 0.15) is 22.3 Å². The third kappa shape index (κ3) is 6.74. The lowest BCUT2D eigenvalue weighted by atomic mass is 10.0. The molecule has 3 N–H and O–H groups in total. The molecule has 28 heavy (non-hydrogen) atoms. The van der Waals surface area contributed by atoms with Crippen LogP contribution in [-0.4, -0.2) is 47.0 Å². The predicted octanol–water partition coefficient (Wildman–Crippen LogP) is 2.35. The third-order valence-electron chi connectivity index (χ3n) is 4.17. The fraction of sp³-hybridized carbons (Fsp3) is 0.286. The number of carboxylic acid groups (broad SMARTS) is 1. The molecule has 0 spiro atoms. The highest BCUT2D eigenvalue weighted by atomic mass is 32.2. The van der Waals surface area contributed by atoms with E-state index in [1.807, 2.05) is 36.6 Å². The SMILES string of the molecule is CSCC[C@@H](NC(=O)[C@H](Cc1ccccc1)NC(=O)c1ccccc1)C(=O)O. The maximum Gasteiger partial charge on any atom is 0.326 e. The van der Waals surface area contributed by atoms with Gasteiger partial charge >= 0.3 is 5.97 Å². The summed E-state index contributed by atoms with van der Waals surface area (Å²) < 4.78 is 0. The van der Waals surface area contributed by atoms with Crippen molar-refractivity contribution in [3.05, 3.63) is 71.8 Å². The quantitative estimate of drug-likeness (QED) is 0.569. The van der Waals surface area contributed by atoms with Crippen molar-refractivity contribution in [3.8, 4) is 0 Å². The van der Waals surface area contributed by atoms with Crippen LogP contribution in [0.2, 0.25) is 0 Å². The number of thioether (sulfide) groups is 1. The Morgan fingerprint density at radius 2 is 1.54 bits per heavy atom. The van der Waals surface area contributed by atoms with Gasteiger partial charge < -0.3 is 15.7 Å². The second kappa shape index (κ2) is 11.1. The molecule has 2 amide bonds. The molecule has 0 heterocycles. The fourth-order valence-corrected chi connectivity index (χ4v) is 3.13. The van der Waals surface area contributed by atoms with Gasteiger partial charge in [0.1, 0.15) is 12.1 Å². The number of hydrogen-bond acceptors (Lipinski definition) is 4. The van der Waals surface area contributed by atoms with E-state index in [4.69, 9.17) is 0 Å². The van der Waals surface area contributed by atoms with Gasteiger partial charge in [-0.25, -0.2) is 4.79 Å². The van der Waals surface area contributed by atoms with E-state index in [1.54, 1.807) is 30.3 Å². The second-order valence-electron chi connectivity index (χ2n) is 6.26. The first-order valence-electron chi connectivity index (χ1n) is 8.93. The number of carbonyl (C=O) groups is 3. The number of hydrogen-bond donors (Lipinski definition) is 3. The zero-order valence-corrected chi connectivity index (χ0v) is 16.4. The minimum absolute atomic E-state index is 0.264. The summed E-state index contributed by atoms with van der Waals surface area (Å²) in [5.41, 5.74) is 1.30. The van der Waals surface area contributed by atoms with Crippen LogP contribution in [0.3, 0.4) is 0 Å². The normalized spacial score (nSPS) is 12.6. The summed E-state index contributed by atoms with van der Waals surface area (Å²) in [6.07, 6.45) is 2.45. The van der Waals surface area contributed by atoms with Gasteiger partial charge in [-0.05, 0) is 36.1 Å². The summed E-state index contributed by atoms with van der Waals surface area (Å²) in [7, 11) is 0. The fourth-order valence-electron chi connectivity index (χ4n) is 2.66. The smallest absolute Gasteiger partial charge is 0.326 e. The number of carboxylic acids is 1. The van der Waals surface area contributed by atoms with Gasteiger partial charge in [0.15, 0.2) is 0 Å². The van der Waals surface area contributed by atoms with Gasteiger partial charge in [0.25, 0.3) is 5.91 Å². The van der Waals surface area contributed by atoms with Gasteiger partial charge in [0.2, 0.25) is 5.91 Å². The largest absolute Gasteiger partial charge is 0.480 e. The number of carbonyl (C=O) groups excluding carboxylic acids is 2. The zero-order valence-electron chi connectivity index (χ0n) is 15.6. The van der Waals surface area contributed by atoms with Crippen molar-refractivity contribution < 1.29 is 19.5 Å². The molecular formula is C21H24N2O4S. The molecule has 0 aliphatic carbocycles. The van der Waals surface area contributed by atoms with Crippen molar-refractivity contribution in [3.63, 3.8) is 0 Å². The van der Waals surface area contributed by atoms with E-state index < -0.39 is 24.0 Å². The van der Waals surface area contributed by atoms with Crippen LogP contribution in [0.15, 0.2) is 60.7 Å². The molecule has 2 aromatic rings. The van der Waals surface area contributed by atoms with Crippen molar-refractivity contribution in [2.45, 2.75) is 24.9 Å². The highest BCUT2D eigenvalue weighted by Gasteiger charge is 2.26. The molecule has 0 saturated heterocycles. The summed E-state index contributed by atoms with van der Waals surface area (Å²) in [6.45, 7) is 0. The van der Waals surface area contributed by atoms with Crippen molar-refractivity contribution >= 4 is 29.5 Å². The first-order chi connectivity index (χ1) is 13.5. The number of benzene rings is 2. The lowest BCUT2D eigenvalue weighted by Gasteiger charge is -2.21. The monoisotopic (exact) mass is 400 g/mol. The Morgan fingerprint density at radius 1 is 0.929 bits per heavy atom. The Hall–Kier alpha value is -2.80. The first-order valence-corrected chi connectivity index (χ1v) is 10.3. The minimum Gasteiger partial charge on any atom is -0.480 e. The third-order valence-corrected chi connectivity index (χ3v) is 4.81. The van der Waals surface area contributed by atoms with Crippen molar-refractivity contribution in [1.29, 1.82) is 0 Å². The van der Waals surface area contributed by atoms with Gasteiger partial charge in [-0.1, -0.05) is 48.5 Å². The molecule has 0 unspecified atom stereocenters. The highest BCUT2D eigenvalue weighted by molar-refractivity contribution is 7.98. The standard InChI is InChI=1S/C21H24N2O4S/c1-28-13-12-17(21(26)27)22-20(25)18(14-15-8-4-2-5-9-15)23-19(24)16-10-6-3-7-11-16/h2-11,17-18H,12-14H2,1H3,(H,22,25)(H,23,24)(H,26,27)/t17-,18+/m1/s1. The minimum atomic E-state index is -1.09. The maximum atomic E-state index is 12.8. The Bertz CT molecular complexity index is 784. The predicted molar refractivity (Wildman–Crippen MR) is 110 cm³/mol. The molecule has 6 nitrogen and oxygen atoms in total. The van der Waals surface area contributed by atoms with Crippen LogP contribution in [0.5, 0.6) is 0 Å². The molecule has 0 aliphatic heterocycles. The van der Waals surface area contributed by atoms with Crippen LogP contribution in [-0.2, 0) is 16.0 Å². The molecule has 0 bridgehead atoms. The van der Waals surface area contributed by atoms with Crippen LogP contribution >= 0.6 is 11.8 Å². The lowest BCUT2D eigenvalue weighted by Crippen LogP contribution is -2.52. The average molecular weight is 401 g/mol. The number of nitrogens with one attached hydrogen (secondary N) is 2. The van der Waals surface area contributed by atoms with Crippen LogP contribution in [0, 0.1) is 0 Å². The molecular weight excluding hydrogens is 376 g/mol. The van der Waals surface area contributed by atoms with Crippen LogP contribution in [0.4, 0.5) is 0 Å². The average Bonchev–Trinajstić information content (AvgIpc) is 2.71. The highest BCUT2D eigenvalue weighted by Crippen LogP contribution is 2.07. The Kier molecular flexibility index (Phi) is 8.55. The molecule has 0 aromatic heterocycles. The van der Waals surface area contributed by atoms with Gasteiger partial charge in [0.05, 0.1) is 0 Å². The van der Waals surface area contributed by atoms with Crippen molar-refractivity contribution in [2.75, 3.05) is 12.0 Å². The van der Waals surface area contributed by atoms with Crippen LogP contribution < -0.4 is 10.6 Å². The van der Waals surface area contributed by atoms with Gasteiger partial charge in [0, 0.05) is 12.0 Å². The van der Waals surface area contributed by atoms with E-state index >= 15 is 0 Å². The van der Waals surface area contributed by atoms with Gasteiger partial charge in [-0.3, -0.25) is 9.59 Å². The van der Waals surface area contributed by atoms with Crippen molar-refractivity contribution in [1.82, 2.24) is 10.6 Å². The maximum absolute atomic E-state index is 12.8. The molecule has 2 aromatic carbocycles.